The van der Waals surface area contributed by atoms with Gasteiger partial charge in [-0.1, -0.05) is 30.3 Å². The molecule has 0 saturated carbocycles. The van der Waals surface area contributed by atoms with E-state index in [-0.39, 0.29) is 5.56 Å². The Kier molecular flexibility index (Phi) is 3.48. The summed E-state index contributed by atoms with van der Waals surface area (Å²) in [6, 6.07) is 14.5. The monoisotopic (exact) mass is 242 g/mol. The minimum Gasteiger partial charge on any atom is -0.478 e. The number of hydrogen-bond donors (Lipinski definition) is 3. The molecule has 0 spiro atoms. The van der Waals surface area contributed by atoms with Crippen LogP contribution in [0.3, 0.4) is 0 Å². The molecule has 2 rings (SSSR count). The molecule has 0 aliphatic carbocycles. The maximum atomic E-state index is 10.9. The third-order valence-corrected chi connectivity index (χ3v) is 2.63. The van der Waals surface area contributed by atoms with Crippen molar-refractivity contribution in [3.8, 4) is 0 Å². The van der Waals surface area contributed by atoms with E-state index in [1.807, 2.05) is 30.3 Å². The number of nitrogens with one attached hydrogen (secondary N) is 1. The molecule has 2 aromatic carbocycles. The van der Waals surface area contributed by atoms with E-state index in [4.69, 9.17) is 10.8 Å². The average molecular weight is 242 g/mol. The highest BCUT2D eigenvalue weighted by molar-refractivity contribution is 5.90. The Bertz CT molecular complexity index is 553. The minimum atomic E-state index is -0.960. The second-order valence-electron chi connectivity index (χ2n) is 3.95. The minimum absolute atomic E-state index is 0.222. The lowest BCUT2D eigenvalue weighted by Crippen LogP contribution is -2.05. The summed E-state index contributed by atoms with van der Waals surface area (Å²) in [7, 11) is 0. The van der Waals surface area contributed by atoms with Crippen LogP contribution in [0.5, 0.6) is 0 Å². The number of carboxylic acids is 1. The van der Waals surface area contributed by atoms with E-state index in [1.54, 1.807) is 12.1 Å². The van der Waals surface area contributed by atoms with Crippen LogP contribution >= 0.6 is 0 Å². The second kappa shape index (κ2) is 5.23. The smallest absolute Gasteiger partial charge is 0.335 e. The summed E-state index contributed by atoms with van der Waals surface area (Å²) in [5.74, 6) is -0.960. The van der Waals surface area contributed by atoms with Crippen molar-refractivity contribution in [1.29, 1.82) is 0 Å². The Morgan fingerprint density at radius 1 is 1.17 bits per heavy atom. The lowest BCUT2D eigenvalue weighted by molar-refractivity contribution is 0.0697. The van der Waals surface area contributed by atoms with Gasteiger partial charge in [-0.2, -0.15) is 0 Å². The molecule has 0 heterocycles. The number of nitrogens with two attached hydrogens (primary N) is 1. The maximum absolute atomic E-state index is 10.9. The first kappa shape index (κ1) is 12.0. The van der Waals surface area contributed by atoms with Crippen LogP contribution in [-0.4, -0.2) is 11.1 Å². The molecule has 0 amide bonds. The standard InChI is InChI=1S/C14H14N2O2/c15-12-7-6-11(14(17)18)8-13(12)16-9-10-4-2-1-3-5-10/h1-8,16H,9,15H2,(H,17,18). The zero-order chi connectivity index (χ0) is 13.0. The molecule has 92 valence electrons. The van der Waals surface area contributed by atoms with Gasteiger partial charge >= 0.3 is 5.97 Å². The third kappa shape index (κ3) is 2.79. The van der Waals surface area contributed by atoms with Crippen molar-refractivity contribution in [2.45, 2.75) is 6.54 Å². The first-order valence-electron chi connectivity index (χ1n) is 5.57. The molecule has 4 heteroatoms. The predicted molar refractivity (Wildman–Crippen MR) is 71.6 cm³/mol. The number of benzene rings is 2. The normalized spacial score (nSPS) is 10.0. The van der Waals surface area contributed by atoms with Crippen molar-refractivity contribution in [1.82, 2.24) is 0 Å². The van der Waals surface area contributed by atoms with E-state index in [2.05, 4.69) is 5.32 Å². The van der Waals surface area contributed by atoms with Crippen molar-refractivity contribution < 1.29 is 9.90 Å². The Morgan fingerprint density at radius 3 is 2.56 bits per heavy atom. The van der Waals surface area contributed by atoms with Crippen molar-refractivity contribution in [3.63, 3.8) is 0 Å². The highest BCUT2D eigenvalue weighted by Crippen LogP contribution is 2.20. The van der Waals surface area contributed by atoms with E-state index in [0.717, 1.165) is 5.56 Å². The van der Waals surface area contributed by atoms with Gasteiger partial charge < -0.3 is 16.2 Å². The zero-order valence-electron chi connectivity index (χ0n) is 9.76. The molecule has 0 saturated heterocycles. The molecule has 0 radical (unpaired) electrons. The molecular weight excluding hydrogens is 228 g/mol. The summed E-state index contributed by atoms with van der Waals surface area (Å²) >= 11 is 0. The molecule has 0 aliphatic rings. The predicted octanol–water partition coefficient (Wildman–Crippen LogP) is 2.58. The molecule has 4 nitrogen and oxygen atoms in total. The highest BCUT2D eigenvalue weighted by Gasteiger charge is 2.06. The van der Waals surface area contributed by atoms with Crippen LogP contribution in [0.4, 0.5) is 11.4 Å². The fraction of sp³-hybridized carbons (Fsp3) is 0.0714. The van der Waals surface area contributed by atoms with Crippen LogP contribution in [-0.2, 0) is 6.54 Å². The van der Waals surface area contributed by atoms with Crippen molar-refractivity contribution in [3.05, 3.63) is 59.7 Å². The highest BCUT2D eigenvalue weighted by atomic mass is 16.4. The number of rotatable bonds is 4. The van der Waals surface area contributed by atoms with Gasteiger partial charge in [0.15, 0.2) is 0 Å². The first-order chi connectivity index (χ1) is 8.66. The average Bonchev–Trinajstić information content (AvgIpc) is 2.38. The van der Waals surface area contributed by atoms with E-state index < -0.39 is 5.97 Å². The SMILES string of the molecule is Nc1ccc(C(=O)O)cc1NCc1ccccc1. The molecule has 0 aliphatic heterocycles. The Hall–Kier alpha value is -2.49. The quantitative estimate of drug-likeness (QED) is 0.720. The van der Waals surface area contributed by atoms with Crippen molar-refractivity contribution >= 4 is 17.3 Å². The van der Waals surface area contributed by atoms with Gasteiger partial charge in [0.05, 0.1) is 16.9 Å². The summed E-state index contributed by atoms with van der Waals surface area (Å²) in [6.45, 7) is 0.605. The lowest BCUT2D eigenvalue weighted by atomic mass is 10.1. The molecular formula is C14H14N2O2. The van der Waals surface area contributed by atoms with Crippen LogP contribution in [0.1, 0.15) is 15.9 Å². The van der Waals surface area contributed by atoms with Gasteiger partial charge in [-0.3, -0.25) is 0 Å². The molecule has 2 aromatic rings. The fourth-order valence-corrected chi connectivity index (χ4v) is 1.64. The maximum Gasteiger partial charge on any atom is 0.335 e. The summed E-state index contributed by atoms with van der Waals surface area (Å²) in [5, 5.41) is 12.1. The topological polar surface area (TPSA) is 75.4 Å². The van der Waals surface area contributed by atoms with Crippen molar-refractivity contribution in [2.24, 2.45) is 0 Å². The third-order valence-electron chi connectivity index (χ3n) is 2.63. The largest absolute Gasteiger partial charge is 0.478 e. The zero-order valence-corrected chi connectivity index (χ0v) is 9.76. The summed E-state index contributed by atoms with van der Waals surface area (Å²) in [6.07, 6.45) is 0. The Balaban J connectivity index is 2.14. The van der Waals surface area contributed by atoms with Gasteiger partial charge in [0.2, 0.25) is 0 Å². The molecule has 0 bridgehead atoms. The van der Waals surface area contributed by atoms with Gasteiger partial charge in [-0.25, -0.2) is 4.79 Å². The van der Waals surface area contributed by atoms with Crippen LogP contribution in [0.15, 0.2) is 48.5 Å². The van der Waals surface area contributed by atoms with E-state index in [9.17, 15) is 4.79 Å². The molecule has 0 aromatic heterocycles. The van der Waals surface area contributed by atoms with Crippen LogP contribution in [0.2, 0.25) is 0 Å². The number of hydrogen-bond acceptors (Lipinski definition) is 3. The van der Waals surface area contributed by atoms with Gasteiger partial charge in [0.25, 0.3) is 0 Å². The number of carboxylic acid groups (broad SMARTS) is 1. The van der Waals surface area contributed by atoms with Crippen molar-refractivity contribution in [2.75, 3.05) is 11.1 Å². The molecule has 0 fully saturated rings. The number of aromatic carboxylic acids is 1. The Labute approximate surface area is 105 Å². The first-order valence-corrected chi connectivity index (χ1v) is 5.57. The summed E-state index contributed by atoms with van der Waals surface area (Å²) in [4.78, 5) is 10.9. The molecule has 0 atom stereocenters. The lowest BCUT2D eigenvalue weighted by Gasteiger charge is -2.10. The van der Waals surface area contributed by atoms with Crippen LogP contribution in [0.25, 0.3) is 0 Å². The number of carbonyl (C=O) groups is 1. The summed E-state index contributed by atoms with van der Waals surface area (Å²) in [5.41, 5.74) is 8.30. The van der Waals surface area contributed by atoms with Gasteiger partial charge in [0.1, 0.15) is 0 Å². The Morgan fingerprint density at radius 2 is 1.89 bits per heavy atom. The van der Waals surface area contributed by atoms with E-state index in [0.29, 0.717) is 17.9 Å². The van der Waals surface area contributed by atoms with Crippen LogP contribution < -0.4 is 11.1 Å². The van der Waals surface area contributed by atoms with Gasteiger partial charge in [0, 0.05) is 6.54 Å². The van der Waals surface area contributed by atoms with Gasteiger partial charge in [-0.15, -0.1) is 0 Å². The molecule has 4 N–H and O–H groups in total. The van der Waals surface area contributed by atoms with Crippen LogP contribution in [0, 0.1) is 0 Å². The van der Waals surface area contributed by atoms with Gasteiger partial charge in [-0.05, 0) is 23.8 Å². The van der Waals surface area contributed by atoms with E-state index in [1.165, 1.54) is 6.07 Å². The van der Waals surface area contributed by atoms with E-state index >= 15 is 0 Å². The molecule has 0 unspecified atom stereocenters. The second-order valence-corrected chi connectivity index (χ2v) is 3.95. The molecule has 18 heavy (non-hydrogen) atoms. The summed E-state index contributed by atoms with van der Waals surface area (Å²) < 4.78 is 0. The number of anilines is 2. The number of nitrogen functional groups attached to an aromatic ring is 1. The fourth-order valence-electron chi connectivity index (χ4n) is 1.64.